The van der Waals surface area contributed by atoms with Gasteiger partial charge in [0, 0.05) is 5.92 Å². The van der Waals surface area contributed by atoms with Gasteiger partial charge in [0.05, 0.1) is 12.1 Å². The van der Waals surface area contributed by atoms with E-state index >= 15 is 0 Å². The van der Waals surface area contributed by atoms with Crippen molar-refractivity contribution in [2.24, 2.45) is 0 Å². The first-order valence-electron chi connectivity index (χ1n) is 10.7. The number of carboxylic acid groups (broad SMARTS) is 1. The molecule has 0 aliphatic heterocycles. The number of rotatable bonds is 7. The summed E-state index contributed by atoms with van der Waals surface area (Å²) in [6.07, 6.45) is -1.63. The van der Waals surface area contributed by atoms with E-state index in [1.807, 2.05) is 48.5 Å². The van der Waals surface area contributed by atoms with Gasteiger partial charge in [0.15, 0.2) is 0 Å². The van der Waals surface area contributed by atoms with Gasteiger partial charge in [-0.1, -0.05) is 54.6 Å². The Labute approximate surface area is 195 Å². The summed E-state index contributed by atoms with van der Waals surface area (Å²) in [6, 6.07) is 18.4. The summed E-state index contributed by atoms with van der Waals surface area (Å²) >= 11 is 0. The van der Waals surface area contributed by atoms with E-state index in [0.29, 0.717) is 5.56 Å². The number of anilines is 1. The fraction of sp³-hybridized carbons (Fsp3) is 0.192. The molecule has 0 saturated heterocycles. The van der Waals surface area contributed by atoms with Crippen LogP contribution in [-0.4, -0.2) is 35.7 Å². The van der Waals surface area contributed by atoms with Crippen LogP contribution < -0.4 is 10.6 Å². The Morgan fingerprint density at radius 1 is 1.00 bits per heavy atom. The fourth-order valence-corrected chi connectivity index (χ4v) is 4.12. The Morgan fingerprint density at radius 2 is 1.62 bits per heavy atom. The lowest BCUT2D eigenvalue weighted by Crippen LogP contribution is -2.45. The minimum Gasteiger partial charge on any atom is -0.481 e. The zero-order valence-corrected chi connectivity index (χ0v) is 18.4. The van der Waals surface area contributed by atoms with Gasteiger partial charge in [-0.3, -0.25) is 9.59 Å². The zero-order chi connectivity index (χ0) is 24.2. The van der Waals surface area contributed by atoms with E-state index in [1.165, 1.54) is 18.2 Å². The predicted molar refractivity (Wildman–Crippen MR) is 124 cm³/mol. The van der Waals surface area contributed by atoms with Crippen LogP contribution in [0, 0.1) is 12.7 Å². The second kappa shape index (κ2) is 9.74. The summed E-state index contributed by atoms with van der Waals surface area (Å²) in [4.78, 5) is 36.4. The Kier molecular flexibility index (Phi) is 6.58. The van der Waals surface area contributed by atoms with Crippen molar-refractivity contribution in [1.82, 2.24) is 5.32 Å². The van der Waals surface area contributed by atoms with Crippen molar-refractivity contribution in [3.05, 3.63) is 89.2 Å². The number of aliphatic carboxylic acids is 1. The molecular formula is C26H23FN2O5. The minimum atomic E-state index is -1.45. The number of hydrogen-bond donors (Lipinski definition) is 3. The van der Waals surface area contributed by atoms with Crippen LogP contribution in [0.3, 0.4) is 0 Å². The highest BCUT2D eigenvalue weighted by molar-refractivity contribution is 5.98. The summed E-state index contributed by atoms with van der Waals surface area (Å²) in [6.45, 7) is 1.73. The van der Waals surface area contributed by atoms with Crippen LogP contribution in [0.1, 0.15) is 29.0 Å². The molecule has 3 aromatic rings. The molecule has 2 amide bonds. The summed E-state index contributed by atoms with van der Waals surface area (Å²) in [7, 11) is 0. The van der Waals surface area contributed by atoms with Crippen LogP contribution >= 0.6 is 0 Å². The average molecular weight is 462 g/mol. The number of alkyl carbamates (subject to hydrolysis) is 1. The first-order chi connectivity index (χ1) is 16.3. The van der Waals surface area contributed by atoms with Gasteiger partial charge in [-0.25, -0.2) is 9.18 Å². The fourth-order valence-electron chi connectivity index (χ4n) is 4.12. The maximum Gasteiger partial charge on any atom is 0.407 e. The Balaban J connectivity index is 1.44. The van der Waals surface area contributed by atoms with Crippen LogP contribution in [-0.2, 0) is 14.3 Å². The average Bonchev–Trinajstić information content (AvgIpc) is 3.13. The number of carbonyl (C=O) groups excluding carboxylic acids is 2. The second-order valence-corrected chi connectivity index (χ2v) is 8.09. The topological polar surface area (TPSA) is 105 Å². The largest absolute Gasteiger partial charge is 0.481 e. The first kappa shape index (κ1) is 23.0. The van der Waals surface area contributed by atoms with Crippen LogP contribution in [0.4, 0.5) is 14.9 Å². The quantitative estimate of drug-likeness (QED) is 0.481. The van der Waals surface area contributed by atoms with E-state index in [1.54, 1.807) is 6.92 Å². The molecule has 0 aromatic heterocycles. The lowest BCUT2D eigenvalue weighted by atomic mass is 9.98. The third-order valence-electron chi connectivity index (χ3n) is 5.71. The van der Waals surface area contributed by atoms with Crippen molar-refractivity contribution in [2.45, 2.75) is 25.3 Å². The van der Waals surface area contributed by atoms with Gasteiger partial charge >= 0.3 is 12.1 Å². The van der Waals surface area contributed by atoms with Gasteiger partial charge in [0.2, 0.25) is 5.91 Å². The van der Waals surface area contributed by atoms with Crippen molar-refractivity contribution < 1.29 is 28.6 Å². The molecule has 1 aliphatic rings. The Bertz CT molecular complexity index is 1210. The Morgan fingerprint density at radius 3 is 2.24 bits per heavy atom. The number of benzene rings is 3. The third kappa shape index (κ3) is 4.91. The molecule has 7 nitrogen and oxygen atoms in total. The summed E-state index contributed by atoms with van der Waals surface area (Å²) in [5, 5.41) is 13.8. The van der Waals surface area contributed by atoms with E-state index in [9.17, 15) is 23.9 Å². The molecule has 1 aliphatic carbocycles. The van der Waals surface area contributed by atoms with Crippen LogP contribution in [0.15, 0.2) is 66.7 Å². The van der Waals surface area contributed by atoms with E-state index in [0.717, 1.165) is 22.3 Å². The summed E-state index contributed by atoms with van der Waals surface area (Å²) < 4.78 is 19.4. The van der Waals surface area contributed by atoms with Crippen molar-refractivity contribution in [3.63, 3.8) is 0 Å². The van der Waals surface area contributed by atoms with E-state index in [4.69, 9.17) is 4.74 Å². The molecular weight excluding hydrogens is 439 g/mol. The molecule has 1 unspecified atom stereocenters. The number of fused-ring (bicyclic) bond motifs is 3. The molecule has 34 heavy (non-hydrogen) atoms. The smallest absolute Gasteiger partial charge is 0.407 e. The molecule has 8 heteroatoms. The highest BCUT2D eigenvalue weighted by Gasteiger charge is 2.30. The molecule has 0 radical (unpaired) electrons. The molecule has 4 rings (SSSR count). The lowest BCUT2D eigenvalue weighted by molar-refractivity contribution is -0.139. The Hall–Kier alpha value is -4.20. The number of carbonyl (C=O) groups is 3. The van der Waals surface area contributed by atoms with Gasteiger partial charge < -0.3 is 20.5 Å². The van der Waals surface area contributed by atoms with Crippen molar-refractivity contribution in [1.29, 1.82) is 0 Å². The normalized spacial score (nSPS) is 12.9. The molecule has 0 saturated carbocycles. The van der Waals surface area contributed by atoms with Crippen LogP contribution in [0.2, 0.25) is 0 Å². The number of ether oxygens (including phenoxy) is 1. The van der Waals surface area contributed by atoms with Gasteiger partial charge in [0.1, 0.15) is 18.5 Å². The number of nitrogens with one attached hydrogen (secondary N) is 2. The van der Waals surface area contributed by atoms with Crippen molar-refractivity contribution >= 4 is 23.7 Å². The van der Waals surface area contributed by atoms with E-state index in [2.05, 4.69) is 10.6 Å². The molecule has 174 valence electrons. The number of aryl methyl sites for hydroxylation is 1. The van der Waals surface area contributed by atoms with E-state index in [-0.39, 0.29) is 18.2 Å². The number of hydrogen-bond acceptors (Lipinski definition) is 4. The summed E-state index contributed by atoms with van der Waals surface area (Å²) in [5.41, 5.74) is 4.77. The number of amides is 2. The van der Waals surface area contributed by atoms with Crippen LogP contribution in [0.5, 0.6) is 0 Å². The maximum absolute atomic E-state index is 14.0. The van der Waals surface area contributed by atoms with Gasteiger partial charge in [-0.05, 0) is 46.9 Å². The predicted octanol–water partition coefficient (Wildman–Crippen LogP) is 4.45. The number of halogens is 1. The van der Waals surface area contributed by atoms with Crippen molar-refractivity contribution in [3.8, 4) is 11.1 Å². The highest BCUT2D eigenvalue weighted by Crippen LogP contribution is 2.44. The van der Waals surface area contributed by atoms with Crippen molar-refractivity contribution in [2.75, 3.05) is 11.9 Å². The first-order valence-corrected chi connectivity index (χ1v) is 10.7. The molecule has 0 heterocycles. The molecule has 0 bridgehead atoms. The highest BCUT2D eigenvalue weighted by atomic mass is 19.1. The van der Waals surface area contributed by atoms with Gasteiger partial charge in [0.25, 0.3) is 0 Å². The second-order valence-electron chi connectivity index (χ2n) is 8.09. The summed E-state index contributed by atoms with van der Waals surface area (Å²) in [5.74, 6) is -3.02. The molecule has 0 fully saturated rings. The zero-order valence-electron chi connectivity index (χ0n) is 18.4. The third-order valence-corrected chi connectivity index (χ3v) is 5.71. The standard InChI is InChI=1S/C26H23FN2O5/c1-15-10-11-21(27)22(12-15)28-25(32)23(13-24(30)31)29-26(33)34-14-20-18-8-4-2-6-16(18)17-7-3-5-9-19(17)20/h2-12,20,23H,13-14H2,1H3,(H,28,32)(H,29,33)(H,30,31). The monoisotopic (exact) mass is 462 g/mol. The van der Waals surface area contributed by atoms with E-state index < -0.39 is 36.2 Å². The molecule has 0 spiro atoms. The van der Waals surface area contributed by atoms with Gasteiger partial charge in [-0.2, -0.15) is 0 Å². The SMILES string of the molecule is Cc1ccc(F)c(NC(=O)C(CC(=O)O)NC(=O)OCC2c3ccccc3-c3ccccc32)c1. The molecule has 1 atom stereocenters. The lowest BCUT2D eigenvalue weighted by Gasteiger charge is -2.19. The van der Waals surface area contributed by atoms with Gasteiger partial charge in [-0.15, -0.1) is 0 Å². The molecule has 3 N–H and O–H groups in total. The van der Waals surface area contributed by atoms with Crippen LogP contribution in [0.25, 0.3) is 11.1 Å². The number of carboxylic acids is 1. The molecule has 3 aromatic carbocycles. The minimum absolute atomic E-state index is 0.00772. The maximum atomic E-state index is 14.0.